The van der Waals surface area contributed by atoms with Gasteiger partial charge in [-0.25, -0.2) is 0 Å². The molecule has 0 radical (unpaired) electrons. The number of nitrogens with one attached hydrogen (secondary N) is 1. The standard InChI is InChI=1S/C19H33N3O3/c1-15(23)20-17-6-9-21(10-7-17)13-19(25)8-11-22(14-19)18(24)12-16-4-2-3-5-16/h16-17,25H,2-14H2,1H3,(H,20,23)/t19-/m1/s1. The van der Waals surface area contributed by atoms with Crippen molar-refractivity contribution in [3.05, 3.63) is 0 Å². The first-order valence-electron chi connectivity index (χ1n) is 9.93. The van der Waals surface area contributed by atoms with Crippen molar-refractivity contribution in [1.29, 1.82) is 0 Å². The summed E-state index contributed by atoms with van der Waals surface area (Å²) in [5, 5.41) is 13.9. The fraction of sp³-hybridized carbons (Fsp3) is 0.895. The van der Waals surface area contributed by atoms with Crippen LogP contribution in [0, 0.1) is 5.92 Å². The van der Waals surface area contributed by atoms with E-state index in [2.05, 4.69) is 10.2 Å². The molecule has 2 aliphatic heterocycles. The lowest BCUT2D eigenvalue weighted by Gasteiger charge is -2.36. The highest BCUT2D eigenvalue weighted by Gasteiger charge is 2.40. The fourth-order valence-corrected chi connectivity index (χ4v) is 4.73. The molecule has 0 aromatic rings. The van der Waals surface area contributed by atoms with Crippen LogP contribution < -0.4 is 5.32 Å². The van der Waals surface area contributed by atoms with Gasteiger partial charge in [-0.1, -0.05) is 12.8 Å². The molecular weight excluding hydrogens is 318 g/mol. The molecular formula is C19H33N3O3. The summed E-state index contributed by atoms with van der Waals surface area (Å²) in [5.74, 6) is 0.825. The van der Waals surface area contributed by atoms with Crippen molar-refractivity contribution in [2.24, 2.45) is 5.92 Å². The quantitative estimate of drug-likeness (QED) is 0.779. The van der Waals surface area contributed by atoms with Gasteiger partial charge in [0.15, 0.2) is 0 Å². The van der Waals surface area contributed by atoms with Crippen LogP contribution in [0.3, 0.4) is 0 Å². The maximum atomic E-state index is 12.5. The highest BCUT2D eigenvalue weighted by Crippen LogP contribution is 2.30. The summed E-state index contributed by atoms with van der Waals surface area (Å²) in [6.45, 7) is 5.14. The zero-order valence-electron chi connectivity index (χ0n) is 15.5. The maximum Gasteiger partial charge on any atom is 0.222 e. The summed E-state index contributed by atoms with van der Waals surface area (Å²) in [4.78, 5) is 27.8. The van der Waals surface area contributed by atoms with E-state index >= 15 is 0 Å². The Labute approximate surface area is 150 Å². The largest absolute Gasteiger partial charge is 0.387 e. The monoisotopic (exact) mass is 351 g/mol. The van der Waals surface area contributed by atoms with E-state index in [4.69, 9.17) is 0 Å². The van der Waals surface area contributed by atoms with Crippen LogP contribution in [0.15, 0.2) is 0 Å². The van der Waals surface area contributed by atoms with Crippen LogP contribution >= 0.6 is 0 Å². The third-order valence-corrected chi connectivity index (χ3v) is 6.14. The van der Waals surface area contributed by atoms with Crippen LogP contribution in [0.4, 0.5) is 0 Å². The van der Waals surface area contributed by atoms with Crippen molar-refractivity contribution >= 4 is 11.8 Å². The summed E-state index contributed by atoms with van der Waals surface area (Å²) in [6, 6.07) is 0.261. The number of hydrogen-bond donors (Lipinski definition) is 2. The molecule has 6 nitrogen and oxygen atoms in total. The van der Waals surface area contributed by atoms with Crippen LogP contribution in [0.25, 0.3) is 0 Å². The summed E-state index contributed by atoms with van der Waals surface area (Å²) in [7, 11) is 0. The first-order valence-corrected chi connectivity index (χ1v) is 9.93. The van der Waals surface area contributed by atoms with Crippen LogP contribution in [-0.4, -0.2) is 71.1 Å². The third kappa shape index (κ3) is 5.17. The van der Waals surface area contributed by atoms with Gasteiger partial charge in [-0.2, -0.15) is 0 Å². The molecule has 1 saturated carbocycles. The molecule has 0 spiro atoms. The van der Waals surface area contributed by atoms with E-state index in [9.17, 15) is 14.7 Å². The van der Waals surface area contributed by atoms with Crippen molar-refractivity contribution in [2.45, 2.75) is 69.9 Å². The van der Waals surface area contributed by atoms with E-state index in [0.29, 0.717) is 38.4 Å². The van der Waals surface area contributed by atoms with Crippen molar-refractivity contribution in [2.75, 3.05) is 32.7 Å². The highest BCUT2D eigenvalue weighted by molar-refractivity contribution is 5.77. The lowest BCUT2D eigenvalue weighted by molar-refractivity contribution is -0.132. The second kappa shape index (κ2) is 8.04. The summed E-state index contributed by atoms with van der Waals surface area (Å²) < 4.78 is 0. The Hall–Kier alpha value is -1.14. The average molecular weight is 351 g/mol. The molecule has 3 fully saturated rings. The average Bonchev–Trinajstić information content (AvgIpc) is 3.19. The minimum Gasteiger partial charge on any atom is -0.387 e. The molecule has 2 saturated heterocycles. The fourth-order valence-electron chi connectivity index (χ4n) is 4.73. The number of hydrogen-bond acceptors (Lipinski definition) is 4. The molecule has 0 aromatic carbocycles. The molecule has 1 aliphatic carbocycles. The van der Waals surface area contributed by atoms with E-state index < -0.39 is 5.60 Å². The highest BCUT2D eigenvalue weighted by atomic mass is 16.3. The predicted octanol–water partition coefficient (Wildman–Crippen LogP) is 1.13. The Morgan fingerprint density at radius 3 is 2.44 bits per heavy atom. The number of likely N-dealkylation sites (tertiary alicyclic amines) is 2. The molecule has 2 heterocycles. The predicted molar refractivity (Wildman–Crippen MR) is 96.0 cm³/mol. The Kier molecular flexibility index (Phi) is 6.00. The molecule has 3 rings (SSSR count). The van der Waals surface area contributed by atoms with Crippen molar-refractivity contribution < 1.29 is 14.7 Å². The number of nitrogens with zero attached hydrogens (tertiary/aromatic N) is 2. The number of carbonyl (C=O) groups is 2. The molecule has 2 N–H and O–H groups in total. The van der Waals surface area contributed by atoms with Gasteiger partial charge in [0.25, 0.3) is 0 Å². The SMILES string of the molecule is CC(=O)NC1CCN(C[C@]2(O)CCN(C(=O)CC3CCCC3)C2)CC1. The lowest BCUT2D eigenvalue weighted by atomic mass is 9.99. The number of β-amino-alcohol motifs (C(OH)–C–C–N with tert-alkyl or cyclic N) is 1. The number of carbonyl (C=O) groups excluding carboxylic acids is 2. The van der Waals surface area contributed by atoms with Gasteiger partial charge in [0.1, 0.15) is 0 Å². The van der Waals surface area contributed by atoms with Crippen LogP contribution in [0.5, 0.6) is 0 Å². The Bertz CT molecular complexity index is 484. The van der Waals surface area contributed by atoms with Crippen molar-refractivity contribution in [3.8, 4) is 0 Å². The second-order valence-electron chi connectivity index (χ2n) is 8.40. The zero-order chi connectivity index (χ0) is 17.9. The molecule has 2 amide bonds. The molecule has 0 unspecified atom stereocenters. The smallest absolute Gasteiger partial charge is 0.222 e. The number of amides is 2. The Balaban J connectivity index is 1.42. The van der Waals surface area contributed by atoms with Gasteiger partial charge in [-0.15, -0.1) is 0 Å². The minimum atomic E-state index is -0.772. The Morgan fingerprint density at radius 2 is 1.80 bits per heavy atom. The van der Waals surface area contributed by atoms with E-state index in [0.717, 1.165) is 25.9 Å². The first-order chi connectivity index (χ1) is 11.9. The molecule has 3 aliphatic rings. The number of rotatable bonds is 5. The van der Waals surface area contributed by atoms with Gasteiger partial charge in [0.05, 0.1) is 12.1 Å². The maximum absolute atomic E-state index is 12.5. The first kappa shape index (κ1) is 18.6. The third-order valence-electron chi connectivity index (χ3n) is 6.14. The summed E-state index contributed by atoms with van der Waals surface area (Å²) >= 11 is 0. The topological polar surface area (TPSA) is 72.9 Å². The zero-order valence-corrected chi connectivity index (χ0v) is 15.5. The lowest BCUT2D eigenvalue weighted by Crippen LogP contribution is -2.50. The van der Waals surface area contributed by atoms with Gasteiger partial charge in [-0.3, -0.25) is 9.59 Å². The molecule has 25 heavy (non-hydrogen) atoms. The Morgan fingerprint density at radius 1 is 1.12 bits per heavy atom. The van der Waals surface area contributed by atoms with Gasteiger partial charge >= 0.3 is 0 Å². The number of piperidine rings is 1. The molecule has 0 bridgehead atoms. The van der Waals surface area contributed by atoms with E-state index in [1.807, 2.05) is 4.90 Å². The van der Waals surface area contributed by atoms with Gasteiger partial charge in [0, 0.05) is 45.6 Å². The second-order valence-corrected chi connectivity index (χ2v) is 8.40. The van der Waals surface area contributed by atoms with Gasteiger partial charge in [0.2, 0.25) is 11.8 Å². The molecule has 142 valence electrons. The minimum absolute atomic E-state index is 0.0317. The van der Waals surface area contributed by atoms with E-state index in [-0.39, 0.29) is 17.9 Å². The molecule has 0 aromatic heterocycles. The summed E-state index contributed by atoms with van der Waals surface area (Å²) in [5.41, 5.74) is -0.772. The normalized spacial score (nSPS) is 29.3. The van der Waals surface area contributed by atoms with Crippen LogP contribution in [0.1, 0.15) is 58.3 Å². The van der Waals surface area contributed by atoms with Crippen LogP contribution in [-0.2, 0) is 9.59 Å². The van der Waals surface area contributed by atoms with Gasteiger partial charge < -0.3 is 20.2 Å². The van der Waals surface area contributed by atoms with E-state index in [1.165, 1.54) is 25.7 Å². The van der Waals surface area contributed by atoms with Gasteiger partial charge in [-0.05, 0) is 38.0 Å². The molecule has 1 atom stereocenters. The van der Waals surface area contributed by atoms with Crippen molar-refractivity contribution in [1.82, 2.24) is 15.1 Å². The van der Waals surface area contributed by atoms with Crippen molar-refractivity contribution in [3.63, 3.8) is 0 Å². The number of aliphatic hydroxyl groups is 1. The van der Waals surface area contributed by atoms with Crippen LogP contribution in [0.2, 0.25) is 0 Å². The summed E-state index contributed by atoms with van der Waals surface area (Å²) in [6.07, 6.45) is 8.10. The molecule has 6 heteroatoms. The van der Waals surface area contributed by atoms with E-state index in [1.54, 1.807) is 6.92 Å².